The molecule has 0 atom stereocenters. The third kappa shape index (κ3) is 2.97. The maximum Gasteiger partial charge on any atom is 0.231 e. The van der Waals surface area contributed by atoms with Crippen LogP contribution in [0.1, 0.15) is 0 Å². The van der Waals surface area contributed by atoms with E-state index in [1.54, 1.807) is 0 Å². The van der Waals surface area contributed by atoms with Gasteiger partial charge >= 0.3 is 0 Å². The van der Waals surface area contributed by atoms with Crippen LogP contribution in [0.4, 0.5) is 11.4 Å². The number of likely N-dealkylation sites (N-methyl/N-ethyl adjacent to an activating group) is 1. The van der Waals surface area contributed by atoms with E-state index in [2.05, 4.69) is 4.90 Å². The summed E-state index contributed by atoms with van der Waals surface area (Å²) in [6.45, 7) is 1.57. The standard InChI is InChI=1S/C16H18N2O3/c1-18(14-5-3-2-4-13(14)17)8-9-19-12-6-7-15-16(10-12)21-11-20-15/h2-7,10H,8-9,11,17H2,1H3. The lowest BCUT2D eigenvalue weighted by Crippen LogP contribution is -2.24. The van der Waals surface area contributed by atoms with Gasteiger partial charge in [-0.1, -0.05) is 12.1 Å². The van der Waals surface area contributed by atoms with Crippen molar-refractivity contribution in [1.82, 2.24) is 0 Å². The predicted molar refractivity (Wildman–Crippen MR) is 82.2 cm³/mol. The van der Waals surface area contributed by atoms with Crippen LogP contribution < -0.4 is 24.8 Å². The molecule has 5 heteroatoms. The van der Waals surface area contributed by atoms with E-state index in [1.807, 2.05) is 49.5 Å². The van der Waals surface area contributed by atoms with Crippen molar-refractivity contribution in [3.05, 3.63) is 42.5 Å². The largest absolute Gasteiger partial charge is 0.492 e. The quantitative estimate of drug-likeness (QED) is 0.856. The summed E-state index contributed by atoms with van der Waals surface area (Å²) in [4.78, 5) is 2.07. The summed E-state index contributed by atoms with van der Waals surface area (Å²) >= 11 is 0. The first-order chi connectivity index (χ1) is 10.2. The molecule has 2 N–H and O–H groups in total. The van der Waals surface area contributed by atoms with Crippen molar-refractivity contribution in [3.63, 3.8) is 0 Å². The molecule has 0 radical (unpaired) electrons. The Hall–Kier alpha value is -2.56. The summed E-state index contributed by atoms with van der Waals surface area (Å²) in [5.74, 6) is 2.26. The molecule has 110 valence electrons. The van der Waals surface area contributed by atoms with Gasteiger partial charge in [-0.15, -0.1) is 0 Å². The van der Waals surface area contributed by atoms with Crippen molar-refractivity contribution in [3.8, 4) is 17.2 Å². The normalized spacial score (nSPS) is 12.2. The molecule has 0 unspecified atom stereocenters. The van der Waals surface area contributed by atoms with Crippen molar-refractivity contribution in [2.24, 2.45) is 0 Å². The van der Waals surface area contributed by atoms with E-state index in [-0.39, 0.29) is 6.79 Å². The molecular weight excluding hydrogens is 268 g/mol. The third-order valence-electron chi connectivity index (χ3n) is 3.39. The van der Waals surface area contributed by atoms with E-state index in [9.17, 15) is 0 Å². The van der Waals surface area contributed by atoms with Gasteiger partial charge in [-0.3, -0.25) is 0 Å². The zero-order valence-corrected chi connectivity index (χ0v) is 11.9. The molecule has 0 aromatic heterocycles. The molecule has 0 saturated heterocycles. The van der Waals surface area contributed by atoms with Crippen LogP contribution in [0.2, 0.25) is 0 Å². The van der Waals surface area contributed by atoms with E-state index >= 15 is 0 Å². The van der Waals surface area contributed by atoms with Crippen molar-refractivity contribution in [1.29, 1.82) is 0 Å². The number of nitrogen functional groups attached to an aromatic ring is 1. The van der Waals surface area contributed by atoms with Crippen molar-refractivity contribution in [2.75, 3.05) is 37.6 Å². The molecule has 5 nitrogen and oxygen atoms in total. The molecule has 0 aliphatic carbocycles. The Labute approximate surface area is 123 Å². The molecule has 0 amide bonds. The summed E-state index contributed by atoms with van der Waals surface area (Å²) in [7, 11) is 1.99. The number of para-hydroxylation sites is 2. The summed E-state index contributed by atoms with van der Waals surface area (Å²) in [6, 6.07) is 13.4. The first-order valence-electron chi connectivity index (χ1n) is 6.82. The smallest absolute Gasteiger partial charge is 0.231 e. The minimum Gasteiger partial charge on any atom is -0.492 e. The van der Waals surface area contributed by atoms with Gasteiger partial charge in [0.05, 0.1) is 17.9 Å². The Bertz CT molecular complexity index is 631. The fraction of sp³-hybridized carbons (Fsp3) is 0.250. The van der Waals surface area contributed by atoms with E-state index in [4.69, 9.17) is 19.9 Å². The monoisotopic (exact) mass is 286 g/mol. The van der Waals surface area contributed by atoms with Gasteiger partial charge in [0.1, 0.15) is 12.4 Å². The Kier molecular flexibility index (Phi) is 3.73. The highest BCUT2D eigenvalue weighted by Crippen LogP contribution is 2.35. The molecule has 0 saturated carbocycles. The number of nitrogens with zero attached hydrogens (tertiary/aromatic N) is 1. The van der Waals surface area contributed by atoms with Gasteiger partial charge in [0.2, 0.25) is 6.79 Å². The summed E-state index contributed by atoms with van der Waals surface area (Å²) in [6.07, 6.45) is 0. The van der Waals surface area contributed by atoms with Gasteiger partial charge in [-0.25, -0.2) is 0 Å². The minimum absolute atomic E-state index is 0.273. The number of anilines is 2. The Morgan fingerprint density at radius 3 is 2.81 bits per heavy atom. The Morgan fingerprint density at radius 2 is 1.95 bits per heavy atom. The predicted octanol–water partition coefficient (Wildman–Crippen LogP) is 2.51. The summed E-state index contributed by atoms with van der Waals surface area (Å²) in [5.41, 5.74) is 7.73. The molecule has 2 aromatic rings. The Morgan fingerprint density at radius 1 is 1.14 bits per heavy atom. The second-order valence-electron chi connectivity index (χ2n) is 4.84. The summed E-state index contributed by atoms with van der Waals surface area (Å²) < 4.78 is 16.3. The lowest BCUT2D eigenvalue weighted by atomic mass is 10.2. The van der Waals surface area contributed by atoms with Crippen LogP contribution in [0.5, 0.6) is 17.2 Å². The second kappa shape index (κ2) is 5.83. The number of hydrogen-bond acceptors (Lipinski definition) is 5. The van der Waals surface area contributed by atoms with Crippen molar-refractivity contribution < 1.29 is 14.2 Å². The highest BCUT2D eigenvalue weighted by molar-refractivity contribution is 5.66. The number of rotatable bonds is 5. The average Bonchev–Trinajstić information content (AvgIpc) is 2.95. The van der Waals surface area contributed by atoms with Crippen molar-refractivity contribution >= 4 is 11.4 Å². The fourth-order valence-electron chi connectivity index (χ4n) is 2.22. The van der Waals surface area contributed by atoms with Crippen LogP contribution >= 0.6 is 0 Å². The van der Waals surface area contributed by atoms with E-state index < -0.39 is 0 Å². The molecule has 1 aliphatic rings. The average molecular weight is 286 g/mol. The number of ether oxygens (including phenoxy) is 3. The molecule has 0 bridgehead atoms. The number of hydrogen-bond donors (Lipinski definition) is 1. The van der Waals surface area contributed by atoms with E-state index in [1.165, 1.54) is 0 Å². The SMILES string of the molecule is CN(CCOc1ccc2c(c1)OCO2)c1ccccc1N. The highest BCUT2D eigenvalue weighted by Gasteiger charge is 2.13. The van der Waals surface area contributed by atoms with Crippen molar-refractivity contribution in [2.45, 2.75) is 0 Å². The topological polar surface area (TPSA) is 57.0 Å². The van der Waals surface area contributed by atoms with Crippen LogP contribution in [0.15, 0.2) is 42.5 Å². The van der Waals surface area contributed by atoms with Crippen LogP contribution in [0, 0.1) is 0 Å². The van der Waals surface area contributed by atoms with Crippen LogP contribution in [0.3, 0.4) is 0 Å². The van der Waals surface area contributed by atoms with Crippen LogP contribution in [0.25, 0.3) is 0 Å². The van der Waals surface area contributed by atoms with E-state index in [0.717, 1.165) is 35.2 Å². The first kappa shape index (κ1) is 13.4. The maximum atomic E-state index is 5.95. The van der Waals surface area contributed by atoms with Gasteiger partial charge in [0.15, 0.2) is 11.5 Å². The van der Waals surface area contributed by atoms with Gasteiger partial charge in [0.25, 0.3) is 0 Å². The molecule has 1 aliphatic heterocycles. The van der Waals surface area contributed by atoms with Crippen LogP contribution in [-0.2, 0) is 0 Å². The lowest BCUT2D eigenvalue weighted by Gasteiger charge is -2.21. The van der Waals surface area contributed by atoms with Crippen LogP contribution in [-0.4, -0.2) is 27.0 Å². The molecule has 3 rings (SSSR count). The minimum atomic E-state index is 0.273. The lowest BCUT2D eigenvalue weighted by molar-refractivity contribution is 0.174. The molecule has 2 aromatic carbocycles. The molecule has 1 heterocycles. The first-order valence-corrected chi connectivity index (χ1v) is 6.82. The highest BCUT2D eigenvalue weighted by atomic mass is 16.7. The second-order valence-corrected chi connectivity index (χ2v) is 4.84. The molecule has 0 fully saturated rings. The maximum absolute atomic E-state index is 5.95. The van der Waals surface area contributed by atoms with Gasteiger partial charge in [0, 0.05) is 13.1 Å². The Balaban J connectivity index is 1.55. The molecular formula is C16H18N2O3. The van der Waals surface area contributed by atoms with Gasteiger partial charge in [-0.2, -0.15) is 0 Å². The number of nitrogens with two attached hydrogens (primary N) is 1. The third-order valence-corrected chi connectivity index (χ3v) is 3.39. The number of benzene rings is 2. The van der Waals surface area contributed by atoms with Gasteiger partial charge < -0.3 is 24.8 Å². The molecule has 0 spiro atoms. The zero-order valence-electron chi connectivity index (χ0n) is 11.9. The fourth-order valence-corrected chi connectivity index (χ4v) is 2.22. The van der Waals surface area contributed by atoms with E-state index in [0.29, 0.717) is 6.61 Å². The van der Waals surface area contributed by atoms with Gasteiger partial charge in [-0.05, 0) is 24.3 Å². The zero-order chi connectivity index (χ0) is 14.7. The molecule has 21 heavy (non-hydrogen) atoms. The number of fused-ring (bicyclic) bond motifs is 1. The summed E-state index contributed by atoms with van der Waals surface area (Å²) in [5, 5.41) is 0.